The van der Waals surface area contributed by atoms with Crippen molar-refractivity contribution >= 4 is 11.9 Å². The molecule has 1 aliphatic heterocycles. The third kappa shape index (κ3) is 2.87. The molecule has 0 amide bonds. The first kappa shape index (κ1) is 15.8. The summed E-state index contributed by atoms with van der Waals surface area (Å²) in [6, 6.07) is 4.98. The molecule has 0 spiro atoms. The van der Waals surface area contributed by atoms with Gasteiger partial charge in [0, 0.05) is 0 Å². The van der Waals surface area contributed by atoms with Crippen LogP contribution in [0.5, 0.6) is 11.5 Å². The molecule has 2 N–H and O–H groups in total. The summed E-state index contributed by atoms with van der Waals surface area (Å²) in [5.74, 6) is 0.420. The maximum Gasteiger partial charge on any atom is 0.352 e. The van der Waals surface area contributed by atoms with Crippen molar-refractivity contribution in [1.29, 1.82) is 0 Å². The van der Waals surface area contributed by atoms with Gasteiger partial charge in [-0.3, -0.25) is 0 Å². The molecule has 3 rings (SSSR count). The molecule has 0 fully saturated rings. The van der Waals surface area contributed by atoms with Crippen LogP contribution in [0.25, 0.3) is 0 Å². The number of hydrogen-bond donors (Lipinski definition) is 2. The van der Waals surface area contributed by atoms with Gasteiger partial charge in [0.2, 0.25) is 5.95 Å². The molecule has 1 aromatic heterocycles. The first-order valence-electron chi connectivity index (χ1n) is 7.53. The molecule has 1 atom stereocenters. The van der Waals surface area contributed by atoms with Crippen molar-refractivity contribution in [3.8, 4) is 11.5 Å². The molecule has 2 heterocycles. The van der Waals surface area contributed by atoms with E-state index < -0.39 is 12.0 Å². The fraction of sp³-hybridized carbons (Fsp3) is 0.333. The largest absolute Gasteiger partial charge is 0.490 e. The Labute approximate surface area is 137 Å². The summed E-state index contributed by atoms with van der Waals surface area (Å²) in [6.45, 7) is 4.79. The average Bonchev–Trinajstić information content (AvgIpc) is 3.04. The summed E-state index contributed by atoms with van der Waals surface area (Å²) in [5, 5.41) is 23.3. The Kier molecular flexibility index (Phi) is 4.32. The molecular weight excluding hydrogens is 314 g/mol. The van der Waals surface area contributed by atoms with Crippen molar-refractivity contribution in [2.75, 3.05) is 18.5 Å². The second-order valence-electron chi connectivity index (χ2n) is 4.97. The molecule has 1 unspecified atom stereocenters. The van der Waals surface area contributed by atoms with Gasteiger partial charge in [0.15, 0.2) is 11.5 Å². The van der Waals surface area contributed by atoms with Gasteiger partial charge in [-0.05, 0) is 48.0 Å². The monoisotopic (exact) mass is 331 g/mol. The third-order valence-electron chi connectivity index (χ3n) is 3.47. The molecule has 0 bridgehead atoms. The Morgan fingerprint density at radius 2 is 2.04 bits per heavy atom. The predicted octanol–water partition coefficient (Wildman–Crippen LogP) is 1.45. The van der Waals surface area contributed by atoms with Crippen LogP contribution < -0.4 is 14.8 Å². The molecule has 0 saturated carbocycles. The van der Waals surface area contributed by atoms with E-state index in [1.165, 1.54) is 4.68 Å². The lowest BCUT2D eigenvalue weighted by atomic mass is 10.0. The van der Waals surface area contributed by atoms with E-state index >= 15 is 0 Å². The SMILES string of the molecule is CCOc1ccc(C2C=C(C(=O)O)Nc3nnnn32)cc1OCC. The van der Waals surface area contributed by atoms with Gasteiger partial charge in [-0.15, -0.1) is 0 Å². The van der Waals surface area contributed by atoms with Gasteiger partial charge in [0.05, 0.1) is 13.2 Å². The minimum absolute atomic E-state index is 0.0224. The van der Waals surface area contributed by atoms with Crippen LogP contribution in [0.1, 0.15) is 25.5 Å². The number of aliphatic carboxylic acids is 1. The summed E-state index contributed by atoms with van der Waals surface area (Å²) >= 11 is 0. The van der Waals surface area contributed by atoms with Crippen molar-refractivity contribution < 1.29 is 19.4 Å². The zero-order valence-corrected chi connectivity index (χ0v) is 13.3. The van der Waals surface area contributed by atoms with Crippen LogP contribution in [0, 0.1) is 0 Å². The van der Waals surface area contributed by atoms with E-state index in [1.807, 2.05) is 26.0 Å². The van der Waals surface area contributed by atoms with E-state index in [1.54, 1.807) is 12.1 Å². The van der Waals surface area contributed by atoms with Gasteiger partial charge in [0.1, 0.15) is 11.7 Å². The van der Waals surface area contributed by atoms with Crippen LogP contribution in [-0.4, -0.2) is 44.5 Å². The lowest BCUT2D eigenvalue weighted by Gasteiger charge is -2.22. The lowest BCUT2D eigenvalue weighted by molar-refractivity contribution is -0.132. The molecule has 0 radical (unpaired) electrons. The molecule has 1 aromatic carbocycles. The number of nitrogens with zero attached hydrogens (tertiary/aromatic N) is 4. The van der Waals surface area contributed by atoms with E-state index in [4.69, 9.17) is 9.47 Å². The highest BCUT2D eigenvalue weighted by molar-refractivity contribution is 5.90. The van der Waals surface area contributed by atoms with Crippen molar-refractivity contribution in [3.05, 3.63) is 35.5 Å². The van der Waals surface area contributed by atoms with E-state index in [0.29, 0.717) is 24.7 Å². The number of ether oxygens (including phenoxy) is 2. The first-order chi connectivity index (χ1) is 11.6. The number of nitrogens with one attached hydrogen (secondary N) is 1. The summed E-state index contributed by atoms with van der Waals surface area (Å²) in [4.78, 5) is 11.3. The zero-order valence-electron chi connectivity index (χ0n) is 13.3. The molecule has 24 heavy (non-hydrogen) atoms. The number of hydrogen-bond acceptors (Lipinski definition) is 7. The number of allylic oxidation sites excluding steroid dienone is 1. The quantitative estimate of drug-likeness (QED) is 0.818. The van der Waals surface area contributed by atoms with Crippen molar-refractivity contribution in [3.63, 3.8) is 0 Å². The standard InChI is InChI=1S/C15H17N5O4/c1-3-23-12-6-5-9(7-13(12)24-4-2)11-8-10(14(21)22)16-15-17-18-19-20(11)15/h5-8,11H,3-4H2,1-2H3,(H,21,22)(H,16,17,19). The highest BCUT2D eigenvalue weighted by Crippen LogP contribution is 2.34. The fourth-order valence-corrected chi connectivity index (χ4v) is 2.47. The van der Waals surface area contributed by atoms with Gasteiger partial charge in [-0.25, -0.2) is 4.79 Å². The first-order valence-corrected chi connectivity index (χ1v) is 7.53. The van der Waals surface area contributed by atoms with Crippen molar-refractivity contribution in [2.45, 2.75) is 19.9 Å². The topological polar surface area (TPSA) is 111 Å². The summed E-state index contributed by atoms with van der Waals surface area (Å²) in [6.07, 6.45) is 1.55. The molecular formula is C15H17N5O4. The Hall–Kier alpha value is -3.10. The van der Waals surface area contributed by atoms with E-state index in [2.05, 4.69) is 20.8 Å². The number of carboxylic acid groups (broad SMARTS) is 1. The molecule has 1 aliphatic rings. The lowest BCUT2D eigenvalue weighted by Crippen LogP contribution is -2.24. The Morgan fingerprint density at radius 1 is 1.29 bits per heavy atom. The number of carboxylic acids is 1. The number of aromatic nitrogens is 4. The molecule has 9 heteroatoms. The van der Waals surface area contributed by atoms with E-state index in [0.717, 1.165) is 5.56 Å². The van der Waals surface area contributed by atoms with Crippen LogP contribution >= 0.6 is 0 Å². The molecule has 0 aliphatic carbocycles. The van der Waals surface area contributed by atoms with Crippen LogP contribution in [-0.2, 0) is 4.79 Å². The minimum Gasteiger partial charge on any atom is -0.490 e. The van der Waals surface area contributed by atoms with E-state index in [-0.39, 0.29) is 11.6 Å². The molecule has 126 valence electrons. The van der Waals surface area contributed by atoms with Crippen molar-refractivity contribution in [1.82, 2.24) is 20.2 Å². The third-order valence-corrected chi connectivity index (χ3v) is 3.47. The number of anilines is 1. The van der Waals surface area contributed by atoms with Crippen LogP contribution in [0.15, 0.2) is 30.0 Å². The number of tetrazole rings is 1. The number of fused-ring (bicyclic) bond motifs is 1. The van der Waals surface area contributed by atoms with Gasteiger partial charge < -0.3 is 19.9 Å². The Balaban J connectivity index is 2.04. The van der Waals surface area contributed by atoms with Crippen LogP contribution in [0.2, 0.25) is 0 Å². The zero-order chi connectivity index (χ0) is 17.1. The Morgan fingerprint density at radius 3 is 2.75 bits per heavy atom. The second kappa shape index (κ2) is 6.57. The summed E-state index contributed by atoms with van der Waals surface area (Å²) in [5.41, 5.74) is 0.810. The summed E-state index contributed by atoms with van der Waals surface area (Å²) < 4.78 is 12.7. The second-order valence-corrected chi connectivity index (χ2v) is 4.97. The van der Waals surface area contributed by atoms with Gasteiger partial charge in [0.25, 0.3) is 0 Å². The highest BCUT2D eigenvalue weighted by Gasteiger charge is 2.27. The molecule has 2 aromatic rings. The summed E-state index contributed by atoms with van der Waals surface area (Å²) in [7, 11) is 0. The Bertz CT molecular complexity index is 786. The maximum absolute atomic E-state index is 11.3. The number of carbonyl (C=O) groups is 1. The normalized spacial score (nSPS) is 15.9. The molecule has 0 saturated heterocycles. The number of benzene rings is 1. The highest BCUT2D eigenvalue weighted by atomic mass is 16.5. The van der Waals surface area contributed by atoms with Gasteiger partial charge in [-0.2, -0.15) is 4.68 Å². The smallest absolute Gasteiger partial charge is 0.352 e. The van der Waals surface area contributed by atoms with Crippen LogP contribution in [0.4, 0.5) is 5.95 Å². The van der Waals surface area contributed by atoms with E-state index in [9.17, 15) is 9.90 Å². The molecule has 9 nitrogen and oxygen atoms in total. The maximum atomic E-state index is 11.3. The van der Waals surface area contributed by atoms with Gasteiger partial charge >= 0.3 is 5.97 Å². The number of rotatable bonds is 6. The van der Waals surface area contributed by atoms with Gasteiger partial charge in [-0.1, -0.05) is 11.2 Å². The van der Waals surface area contributed by atoms with Crippen LogP contribution in [0.3, 0.4) is 0 Å². The predicted molar refractivity (Wildman–Crippen MR) is 84.1 cm³/mol. The van der Waals surface area contributed by atoms with Crippen molar-refractivity contribution in [2.24, 2.45) is 0 Å². The average molecular weight is 331 g/mol. The minimum atomic E-state index is -1.08. The fourth-order valence-electron chi connectivity index (χ4n) is 2.47.